The largest absolute Gasteiger partial charge is 0.481 e. The number of carbonyl (C=O) groups is 2. The average Bonchev–Trinajstić information content (AvgIpc) is 2.35. The molecule has 2 rings (SSSR count). The van der Waals surface area contributed by atoms with Crippen molar-refractivity contribution in [3.05, 3.63) is 35.4 Å². The Morgan fingerprint density at radius 3 is 2.32 bits per heavy atom. The van der Waals surface area contributed by atoms with Crippen LogP contribution in [0.15, 0.2) is 24.3 Å². The summed E-state index contributed by atoms with van der Waals surface area (Å²) in [5.74, 6) is -1.09. The third kappa shape index (κ3) is 3.12. The summed E-state index contributed by atoms with van der Waals surface area (Å²) < 4.78 is 0. The van der Waals surface area contributed by atoms with Gasteiger partial charge in [0.25, 0.3) is 5.91 Å². The van der Waals surface area contributed by atoms with E-state index in [1.807, 2.05) is 0 Å². The number of hydrogen-bond acceptors (Lipinski definition) is 3. The fourth-order valence-electron chi connectivity index (χ4n) is 2.34. The number of carboxylic acid groups (broad SMARTS) is 1. The predicted molar refractivity (Wildman–Crippen MR) is 70.6 cm³/mol. The summed E-state index contributed by atoms with van der Waals surface area (Å²) in [6.07, 6.45) is 2.40. The summed E-state index contributed by atoms with van der Waals surface area (Å²) in [5, 5.41) is 11.8. The number of nitrogens with two attached hydrogens (primary N) is 1. The third-order valence-corrected chi connectivity index (χ3v) is 3.63. The normalized spacial score (nSPS) is 16.5. The van der Waals surface area contributed by atoms with Gasteiger partial charge in [0.1, 0.15) is 0 Å². The van der Waals surface area contributed by atoms with Crippen molar-refractivity contribution < 1.29 is 14.7 Å². The zero-order valence-corrected chi connectivity index (χ0v) is 10.7. The lowest BCUT2D eigenvalue weighted by molar-refractivity contribution is -0.139. The molecule has 1 fully saturated rings. The van der Waals surface area contributed by atoms with E-state index in [-0.39, 0.29) is 12.3 Å². The molecule has 0 aromatic heterocycles. The van der Waals surface area contributed by atoms with Crippen LogP contribution in [-0.4, -0.2) is 22.5 Å². The number of hydrogen-bond donors (Lipinski definition) is 3. The molecule has 1 saturated carbocycles. The second kappa shape index (κ2) is 5.40. The van der Waals surface area contributed by atoms with Gasteiger partial charge in [-0.15, -0.1) is 0 Å². The Labute approximate surface area is 111 Å². The number of benzene rings is 1. The lowest BCUT2D eigenvalue weighted by Gasteiger charge is -2.41. The minimum Gasteiger partial charge on any atom is -0.481 e. The van der Waals surface area contributed by atoms with Crippen LogP contribution in [0.25, 0.3) is 0 Å². The van der Waals surface area contributed by atoms with Gasteiger partial charge in [-0.2, -0.15) is 0 Å². The van der Waals surface area contributed by atoms with Gasteiger partial charge in [-0.25, -0.2) is 0 Å². The van der Waals surface area contributed by atoms with Gasteiger partial charge in [-0.1, -0.05) is 12.1 Å². The Balaban J connectivity index is 2.04. The highest BCUT2D eigenvalue weighted by Crippen LogP contribution is 2.35. The molecule has 0 spiro atoms. The third-order valence-electron chi connectivity index (χ3n) is 3.63. The molecule has 0 atom stereocenters. The van der Waals surface area contributed by atoms with Crippen molar-refractivity contribution in [2.45, 2.75) is 37.8 Å². The van der Waals surface area contributed by atoms with Crippen LogP contribution in [0, 0.1) is 0 Å². The van der Waals surface area contributed by atoms with E-state index in [4.69, 9.17) is 10.8 Å². The van der Waals surface area contributed by atoms with Gasteiger partial charge >= 0.3 is 5.97 Å². The highest BCUT2D eigenvalue weighted by molar-refractivity contribution is 5.95. The van der Waals surface area contributed by atoms with E-state index < -0.39 is 11.5 Å². The molecule has 0 unspecified atom stereocenters. The molecule has 5 nitrogen and oxygen atoms in total. The van der Waals surface area contributed by atoms with Crippen molar-refractivity contribution >= 4 is 11.9 Å². The quantitative estimate of drug-likeness (QED) is 0.745. The molecular formula is C14H18N2O3. The maximum Gasteiger partial charge on any atom is 0.305 e. The van der Waals surface area contributed by atoms with Crippen LogP contribution in [0.4, 0.5) is 0 Å². The van der Waals surface area contributed by atoms with E-state index in [2.05, 4.69) is 5.32 Å². The van der Waals surface area contributed by atoms with Gasteiger partial charge in [0.2, 0.25) is 0 Å². The number of carboxylic acids is 1. The fraction of sp³-hybridized carbons (Fsp3) is 0.429. The Kier molecular flexibility index (Phi) is 3.85. The predicted octanol–water partition coefficient (Wildman–Crippen LogP) is 1.27. The number of carbonyl (C=O) groups excluding carboxylic acids is 1. The molecule has 1 aliphatic carbocycles. The first-order valence-electron chi connectivity index (χ1n) is 6.38. The van der Waals surface area contributed by atoms with Gasteiger partial charge in [0, 0.05) is 12.1 Å². The van der Waals surface area contributed by atoms with Crippen molar-refractivity contribution in [2.24, 2.45) is 5.73 Å². The van der Waals surface area contributed by atoms with Crippen molar-refractivity contribution in [1.29, 1.82) is 0 Å². The molecule has 4 N–H and O–H groups in total. The topological polar surface area (TPSA) is 92.4 Å². The number of aliphatic carboxylic acids is 1. The molecule has 0 saturated heterocycles. The Morgan fingerprint density at radius 1 is 1.26 bits per heavy atom. The van der Waals surface area contributed by atoms with Gasteiger partial charge in [0.05, 0.1) is 12.0 Å². The molecule has 19 heavy (non-hydrogen) atoms. The molecule has 5 heteroatoms. The van der Waals surface area contributed by atoms with E-state index in [1.54, 1.807) is 24.3 Å². The fourth-order valence-corrected chi connectivity index (χ4v) is 2.34. The maximum absolute atomic E-state index is 12.1. The summed E-state index contributed by atoms with van der Waals surface area (Å²) in [6.45, 7) is 0.435. The lowest BCUT2D eigenvalue weighted by atomic mass is 9.74. The summed E-state index contributed by atoms with van der Waals surface area (Å²) in [6, 6.07) is 7.04. The summed E-state index contributed by atoms with van der Waals surface area (Å²) >= 11 is 0. The number of nitrogens with one attached hydrogen (secondary N) is 1. The SMILES string of the molecule is NCc1ccc(C(=O)NC2(CC(=O)O)CCC2)cc1. The molecule has 0 heterocycles. The molecule has 0 bridgehead atoms. The first-order valence-corrected chi connectivity index (χ1v) is 6.38. The minimum atomic E-state index is -0.876. The van der Waals surface area contributed by atoms with Crippen LogP contribution in [0.5, 0.6) is 0 Å². The van der Waals surface area contributed by atoms with E-state index in [0.717, 1.165) is 24.8 Å². The molecule has 1 aliphatic rings. The molecular weight excluding hydrogens is 244 g/mol. The first-order chi connectivity index (χ1) is 9.04. The highest BCUT2D eigenvalue weighted by Gasteiger charge is 2.40. The monoisotopic (exact) mass is 262 g/mol. The zero-order valence-electron chi connectivity index (χ0n) is 10.7. The minimum absolute atomic E-state index is 0.0143. The van der Waals surface area contributed by atoms with Crippen LogP contribution in [0.3, 0.4) is 0 Å². The summed E-state index contributed by atoms with van der Waals surface area (Å²) in [7, 11) is 0. The smallest absolute Gasteiger partial charge is 0.305 e. The van der Waals surface area contributed by atoms with Gasteiger partial charge in [-0.05, 0) is 37.0 Å². The van der Waals surface area contributed by atoms with Crippen molar-refractivity contribution in [1.82, 2.24) is 5.32 Å². The van der Waals surface area contributed by atoms with Crippen molar-refractivity contribution in [3.63, 3.8) is 0 Å². The number of rotatable bonds is 5. The summed E-state index contributed by atoms with van der Waals surface area (Å²) in [5.41, 5.74) is 6.43. The van der Waals surface area contributed by atoms with Crippen LogP contribution < -0.4 is 11.1 Å². The van der Waals surface area contributed by atoms with Crippen molar-refractivity contribution in [2.75, 3.05) is 0 Å². The van der Waals surface area contributed by atoms with Crippen LogP contribution in [0.2, 0.25) is 0 Å². The van der Waals surface area contributed by atoms with Gasteiger partial charge in [0.15, 0.2) is 0 Å². The second-order valence-corrected chi connectivity index (χ2v) is 5.06. The van der Waals surface area contributed by atoms with E-state index in [9.17, 15) is 9.59 Å². The molecule has 1 aromatic carbocycles. The van der Waals surface area contributed by atoms with Crippen LogP contribution >= 0.6 is 0 Å². The Bertz CT molecular complexity index is 478. The standard InChI is InChI=1S/C14H18N2O3/c15-9-10-2-4-11(5-3-10)13(19)16-14(6-1-7-14)8-12(17)18/h2-5H,1,6-9,15H2,(H,16,19)(H,17,18). The van der Waals surface area contributed by atoms with E-state index in [0.29, 0.717) is 12.1 Å². The Hall–Kier alpha value is -1.88. The van der Waals surface area contributed by atoms with E-state index in [1.165, 1.54) is 0 Å². The first kappa shape index (κ1) is 13.5. The Morgan fingerprint density at radius 2 is 1.89 bits per heavy atom. The molecule has 1 amide bonds. The molecule has 0 aliphatic heterocycles. The number of amides is 1. The van der Waals surface area contributed by atoms with Crippen LogP contribution in [-0.2, 0) is 11.3 Å². The van der Waals surface area contributed by atoms with Crippen molar-refractivity contribution in [3.8, 4) is 0 Å². The van der Waals surface area contributed by atoms with Crippen LogP contribution in [0.1, 0.15) is 41.6 Å². The lowest BCUT2D eigenvalue weighted by Crippen LogP contribution is -2.54. The zero-order chi connectivity index (χ0) is 13.9. The van der Waals surface area contributed by atoms with Gasteiger partial charge in [-0.3, -0.25) is 9.59 Å². The van der Waals surface area contributed by atoms with E-state index >= 15 is 0 Å². The molecule has 0 radical (unpaired) electrons. The average molecular weight is 262 g/mol. The molecule has 1 aromatic rings. The maximum atomic E-state index is 12.1. The second-order valence-electron chi connectivity index (χ2n) is 5.06. The highest BCUT2D eigenvalue weighted by atomic mass is 16.4. The molecule has 102 valence electrons. The summed E-state index contributed by atoms with van der Waals surface area (Å²) in [4.78, 5) is 22.9. The van der Waals surface area contributed by atoms with Gasteiger partial charge < -0.3 is 16.2 Å².